The Morgan fingerprint density at radius 3 is 2.54 bits per heavy atom. The SMILES string of the molecule is CCc1nc2ccc(CC(=O)Nc3ccc(C(C)=O)cc3)cc2[nH]1. The molecule has 0 bridgehead atoms. The van der Waals surface area contributed by atoms with E-state index in [4.69, 9.17) is 0 Å². The Kier molecular flexibility index (Phi) is 4.42. The molecule has 3 rings (SSSR count). The third-order valence-electron chi connectivity index (χ3n) is 3.87. The van der Waals surface area contributed by atoms with Gasteiger partial charge in [-0.2, -0.15) is 0 Å². The zero-order valence-electron chi connectivity index (χ0n) is 13.7. The molecule has 0 atom stereocenters. The fraction of sp³-hybridized carbons (Fsp3) is 0.211. The summed E-state index contributed by atoms with van der Waals surface area (Å²) in [5.74, 6) is 0.851. The molecule has 0 fully saturated rings. The highest BCUT2D eigenvalue weighted by molar-refractivity contribution is 5.96. The lowest BCUT2D eigenvalue weighted by molar-refractivity contribution is -0.115. The van der Waals surface area contributed by atoms with Crippen LogP contribution in [-0.4, -0.2) is 21.7 Å². The van der Waals surface area contributed by atoms with Crippen LogP contribution in [0.1, 0.15) is 35.6 Å². The number of nitrogens with zero attached hydrogens (tertiary/aromatic N) is 1. The summed E-state index contributed by atoms with van der Waals surface area (Å²) in [4.78, 5) is 31.2. The molecule has 0 radical (unpaired) electrons. The van der Waals surface area contributed by atoms with Crippen molar-refractivity contribution < 1.29 is 9.59 Å². The van der Waals surface area contributed by atoms with Crippen LogP contribution in [0.3, 0.4) is 0 Å². The maximum Gasteiger partial charge on any atom is 0.228 e. The second-order valence-corrected chi connectivity index (χ2v) is 5.75. The smallest absolute Gasteiger partial charge is 0.228 e. The molecular formula is C19H19N3O2. The van der Waals surface area contributed by atoms with Gasteiger partial charge in [0.25, 0.3) is 0 Å². The third kappa shape index (κ3) is 3.51. The lowest BCUT2D eigenvalue weighted by atomic mass is 10.1. The summed E-state index contributed by atoms with van der Waals surface area (Å²) >= 11 is 0. The fourth-order valence-electron chi connectivity index (χ4n) is 2.57. The minimum atomic E-state index is -0.0971. The number of Topliss-reactive ketones (excluding diaryl/α,β-unsaturated/α-hetero) is 1. The Labute approximate surface area is 140 Å². The first-order chi connectivity index (χ1) is 11.5. The summed E-state index contributed by atoms with van der Waals surface area (Å²) in [6, 6.07) is 12.7. The number of carbonyl (C=O) groups excluding carboxylic acids is 2. The molecule has 2 aromatic carbocycles. The highest BCUT2D eigenvalue weighted by Gasteiger charge is 2.08. The molecule has 0 spiro atoms. The summed E-state index contributed by atoms with van der Waals surface area (Å²) < 4.78 is 0. The second-order valence-electron chi connectivity index (χ2n) is 5.75. The molecule has 3 aromatic rings. The molecule has 2 N–H and O–H groups in total. The molecule has 1 heterocycles. The molecule has 0 aliphatic carbocycles. The van der Waals surface area contributed by atoms with Crippen molar-refractivity contribution in [1.82, 2.24) is 9.97 Å². The van der Waals surface area contributed by atoms with Crippen molar-refractivity contribution in [2.75, 3.05) is 5.32 Å². The number of fused-ring (bicyclic) bond motifs is 1. The lowest BCUT2D eigenvalue weighted by Crippen LogP contribution is -2.14. The minimum Gasteiger partial charge on any atom is -0.342 e. The topological polar surface area (TPSA) is 74.8 Å². The van der Waals surface area contributed by atoms with E-state index in [0.717, 1.165) is 28.8 Å². The molecule has 5 heteroatoms. The number of H-pyrrole nitrogens is 1. The molecule has 1 amide bonds. The number of aromatic nitrogens is 2. The number of carbonyl (C=O) groups is 2. The van der Waals surface area contributed by atoms with Gasteiger partial charge in [0.2, 0.25) is 5.91 Å². The monoisotopic (exact) mass is 321 g/mol. The standard InChI is InChI=1S/C19H19N3O2/c1-3-18-21-16-9-4-13(10-17(16)22-18)11-19(24)20-15-7-5-14(6-8-15)12(2)23/h4-10H,3,11H2,1-2H3,(H,20,24)(H,21,22). The number of hydrogen-bond donors (Lipinski definition) is 2. The molecular weight excluding hydrogens is 302 g/mol. The molecule has 0 unspecified atom stereocenters. The van der Waals surface area contributed by atoms with Crippen molar-refractivity contribution in [3.8, 4) is 0 Å². The summed E-state index contributed by atoms with van der Waals surface area (Å²) in [5.41, 5.74) is 4.09. The second kappa shape index (κ2) is 6.66. The van der Waals surface area contributed by atoms with Crippen molar-refractivity contribution in [3.63, 3.8) is 0 Å². The highest BCUT2D eigenvalue weighted by Crippen LogP contribution is 2.16. The van der Waals surface area contributed by atoms with Crippen LogP contribution in [-0.2, 0) is 17.6 Å². The molecule has 0 aliphatic heterocycles. The molecule has 0 saturated carbocycles. The Balaban J connectivity index is 1.68. The number of ketones is 1. The summed E-state index contributed by atoms with van der Waals surface area (Å²) in [7, 11) is 0. The maximum atomic E-state index is 12.2. The normalized spacial score (nSPS) is 10.8. The van der Waals surface area contributed by atoms with Crippen molar-refractivity contribution in [3.05, 3.63) is 59.4 Å². The molecule has 5 nitrogen and oxygen atoms in total. The van der Waals surface area contributed by atoms with E-state index in [9.17, 15) is 9.59 Å². The Morgan fingerprint density at radius 2 is 1.88 bits per heavy atom. The molecule has 24 heavy (non-hydrogen) atoms. The summed E-state index contributed by atoms with van der Waals surface area (Å²) in [5, 5.41) is 2.84. The average molecular weight is 321 g/mol. The summed E-state index contributed by atoms with van der Waals surface area (Å²) in [6.07, 6.45) is 1.13. The summed E-state index contributed by atoms with van der Waals surface area (Å²) in [6.45, 7) is 3.56. The van der Waals surface area contributed by atoms with E-state index >= 15 is 0 Å². The zero-order chi connectivity index (χ0) is 17.1. The predicted octanol–water partition coefficient (Wildman–Crippen LogP) is 3.51. The van der Waals surface area contributed by atoms with Gasteiger partial charge in [-0.05, 0) is 48.9 Å². The number of imidazole rings is 1. The van der Waals surface area contributed by atoms with Gasteiger partial charge in [0.15, 0.2) is 5.78 Å². The van der Waals surface area contributed by atoms with Crippen LogP contribution >= 0.6 is 0 Å². The van der Waals surface area contributed by atoms with Gasteiger partial charge < -0.3 is 10.3 Å². The largest absolute Gasteiger partial charge is 0.342 e. The number of amides is 1. The van der Waals surface area contributed by atoms with Gasteiger partial charge in [-0.3, -0.25) is 9.59 Å². The van der Waals surface area contributed by atoms with E-state index in [1.54, 1.807) is 24.3 Å². The lowest BCUT2D eigenvalue weighted by Gasteiger charge is -2.06. The van der Waals surface area contributed by atoms with Gasteiger partial charge in [0.1, 0.15) is 5.82 Å². The Morgan fingerprint density at radius 1 is 1.12 bits per heavy atom. The van der Waals surface area contributed by atoms with E-state index in [1.807, 2.05) is 25.1 Å². The number of aromatic amines is 1. The number of anilines is 1. The maximum absolute atomic E-state index is 12.2. The Bertz CT molecular complexity index is 895. The number of rotatable bonds is 5. The van der Waals surface area contributed by atoms with Gasteiger partial charge in [-0.25, -0.2) is 4.98 Å². The van der Waals surface area contributed by atoms with Crippen LogP contribution in [0.2, 0.25) is 0 Å². The van der Waals surface area contributed by atoms with E-state index in [1.165, 1.54) is 6.92 Å². The molecule has 0 aliphatic rings. The van der Waals surface area contributed by atoms with Crippen molar-refractivity contribution >= 4 is 28.4 Å². The van der Waals surface area contributed by atoms with E-state index in [-0.39, 0.29) is 18.1 Å². The van der Waals surface area contributed by atoms with E-state index in [0.29, 0.717) is 11.3 Å². The van der Waals surface area contributed by atoms with Crippen LogP contribution in [0, 0.1) is 0 Å². The van der Waals surface area contributed by atoms with E-state index < -0.39 is 0 Å². The molecule has 0 saturated heterocycles. The van der Waals surface area contributed by atoms with Gasteiger partial charge in [0.05, 0.1) is 17.5 Å². The predicted molar refractivity (Wildman–Crippen MR) is 94.3 cm³/mol. The number of nitrogens with one attached hydrogen (secondary N) is 2. The minimum absolute atomic E-state index is 0.00665. The first kappa shape index (κ1) is 15.9. The third-order valence-corrected chi connectivity index (χ3v) is 3.87. The quantitative estimate of drug-likeness (QED) is 0.706. The average Bonchev–Trinajstić information content (AvgIpc) is 2.97. The van der Waals surface area contributed by atoms with Gasteiger partial charge in [-0.1, -0.05) is 13.0 Å². The van der Waals surface area contributed by atoms with E-state index in [2.05, 4.69) is 15.3 Å². The first-order valence-electron chi connectivity index (χ1n) is 7.93. The Hall–Kier alpha value is -2.95. The van der Waals surface area contributed by atoms with Crippen LogP contribution in [0.25, 0.3) is 11.0 Å². The van der Waals surface area contributed by atoms with Crippen molar-refractivity contribution in [1.29, 1.82) is 0 Å². The van der Waals surface area contributed by atoms with Crippen LogP contribution in [0.4, 0.5) is 5.69 Å². The number of benzene rings is 2. The molecule has 122 valence electrons. The van der Waals surface area contributed by atoms with Crippen molar-refractivity contribution in [2.45, 2.75) is 26.7 Å². The number of hydrogen-bond acceptors (Lipinski definition) is 3. The van der Waals surface area contributed by atoms with Crippen LogP contribution in [0.15, 0.2) is 42.5 Å². The van der Waals surface area contributed by atoms with Gasteiger partial charge >= 0.3 is 0 Å². The first-order valence-corrected chi connectivity index (χ1v) is 7.93. The van der Waals surface area contributed by atoms with Gasteiger partial charge in [-0.15, -0.1) is 0 Å². The highest BCUT2D eigenvalue weighted by atomic mass is 16.1. The number of aryl methyl sites for hydroxylation is 1. The van der Waals surface area contributed by atoms with Gasteiger partial charge in [0, 0.05) is 17.7 Å². The fourth-order valence-corrected chi connectivity index (χ4v) is 2.57. The van der Waals surface area contributed by atoms with Crippen molar-refractivity contribution in [2.24, 2.45) is 0 Å². The molecule has 1 aromatic heterocycles. The van der Waals surface area contributed by atoms with Crippen LogP contribution < -0.4 is 5.32 Å². The zero-order valence-corrected chi connectivity index (χ0v) is 13.7. The van der Waals surface area contributed by atoms with Crippen LogP contribution in [0.5, 0.6) is 0 Å².